The normalized spacial score (nSPS) is 10.9. The first kappa shape index (κ1) is 16.3. The molecule has 0 aliphatic rings. The lowest BCUT2D eigenvalue weighted by molar-refractivity contribution is 0.948. The van der Waals surface area contributed by atoms with Crippen molar-refractivity contribution in [1.82, 2.24) is 0 Å². The van der Waals surface area contributed by atoms with Crippen molar-refractivity contribution < 1.29 is 0 Å². The number of hydrogen-bond acceptors (Lipinski definition) is 0. The number of benzene rings is 1. The summed E-state index contributed by atoms with van der Waals surface area (Å²) in [6.45, 7) is 6.85. The Morgan fingerprint density at radius 2 is 1.00 bits per heavy atom. The molecule has 0 saturated heterocycles. The highest BCUT2D eigenvalue weighted by Gasteiger charge is 2.18. The molecule has 1 rings (SSSR count). The van der Waals surface area contributed by atoms with E-state index in [1.54, 1.807) is 33.4 Å². The van der Waals surface area contributed by atoms with Crippen LogP contribution < -0.4 is 0 Å². The van der Waals surface area contributed by atoms with Crippen LogP contribution in [-0.2, 0) is 36.2 Å². The Hall–Kier alpha value is 0.245. The van der Waals surface area contributed by atoms with E-state index in [0.29, 0.717) is 0 Å². The summed E-state index contributed by atoms with van der Waals surface area (Å²) >= 11 is 7.40. The van der Waals surface area contributed by atoms with Crippen LogP contribution in [0.5, 0.6) is 0 Å². The van der Waals surface area contributed by atoms with Gasteiger partial charge in [-0.2, -0.15) is 0 Å². The standard InChI is InChI=1S/C15H23BBr2/c1-4-10-13(7-16)11(5-2)15(9-18)12(6-3)14(10)8-17/h4-9,16H2,1-3H3. The summed E-state index contributed by atoms with van der Waals surface area (Å²) in [5.74, 6) is 0. The van der Waals surface area contributed by atoms with Crippen LogP contribution in [0.15, 0.2) is 0 Å². The molecule has 1 aromatic rings. The fourth-order valence-electron chi connectivity index (χ4n) is 3.12. The molecule has 1 aromatic carbocycles. The van der Waals surface area contributed by atoms with Gasteiger partial charge >= 0.3 is 0 Å². The van der Waals surface area contributed by atoms with Crippen LogP contribution in [0.3, 0.4) is 0 Å². The van der Waals surface area contributed by atoms with Crippen LogP contribution in [0.4, 0.5) is 0 Å². The summed E-state index contributed by atoms with van der Waals surface area (Å²) in [5, 5.41) is 1.96. The van der Waals surface area contributed by atoms with E-state index in [2.05, 4.69) is 60.5 Å². The smallest absolute Gasteiger partial charge is 0.0876 e. The minimum absolute atomic E-state index is 0.982. The molecule has 0 saturated carbocycles. The van der Waals surface area contributed by atoms with Crippen LogP contribution in [0.2, 0.25) is 0 Å². The lowest BCUT2D eigenvalue weighted by Crippen LogP contribution is -2.11. The third kappa shape index (κ3) is 2.87. The fourth-order valence-corrected chi connectivity index (χ4v) is 4.48. The zero-order valence-electron chi connectivity index (χ0n) is 12.0. The summed E-state index contributed by atoms with van der Waals surface area (Å²) in [5.41, 5.74) is 9.43. The van der Waals surface area contributed by atoms with E-state index in [0.717, 1.165) is 36.2 Å². The van der Waals surface area contributed by atoms with Gasteiger partial charge in [0.2, 0.25) is 0 Å². The highest BCUT2D eigenvalue weighted by atomic mass is 79.9. The van der Waals surface area contributed by atoms with Crippen LogP contribution in [0.1, 0.15) is 54.2 Å². The average Bonchev–Trinajstić information content (AvgIpc) is 2.43. The molecule has 0 spiro atoms. The Labute approximate surface area is 130 Å². The van der Waals surface area contributed by atoms with Gasteiger partial charge in [0.25, 0.3) is 0 Å². The third-order valence-electron chi connectivity index (χ3n) is 3.87. The van der Waals surface area contributed by atoms with Crippen LogP contribution in [0, 0.1) is 0 Å². The van der Waals surface area contributed by atoms with Gasteiger partial charge in [-0.25, -0.2) is 0 Å². The molecule has 18 heavy (non-hydrogen) atoms. The summed E-state index contributed by atoms with van der Waals surface area (Å²) in [6, 6.07) is 0. The maximum Gasteiger partial charge on any atom is 0.107 e. The quantitative estimate of drug-likeness (QED) is 0.515. The van der Waals surface area contributed by atoms with Crippen molar-refractivity contribution in [2.75, 3.05) is 0 Å². The Kier molecular flexibility index (Phi) is 7.01. The SMILES string of the molecule is BCc1c(CC)c(CBr)c(CC)c(CBr)c1CC. The van der Waals surface area contributed by atoms with Crippen LogP contribution >= 0.6 is 31.9 Å². The van der Waals surface area contributed by atoms with E-state index in [-0.39, 0.29) is 0 Å². The Balaban J connectivity index is 3.71. The average molecular weight is 374 g/mol. The Morgan fingerprint density at radius 1 is 0.667 bits per heavy atom. The van der Waals surface area contributed by atoms with Gasteiger partial charge in [-0.15, -0.1) is 0 Å². The first-order valence-electron chi connectivity index (χ1n) is 6.98. The van der Waals surface area contributed by atoms with Gasteiger partial charge in [-0.1, -0.05) is 59.0 Å². The molecule has 0 aliphatic heterocycles. The molecule has 0 atom stereocenters. The van der Waals surface area contributed by atoms with Gasteiger partial charge in [0, 0.05) is 10.7 Å². The van der Waals surface area contributed by atoms with Gasteiger partial charge in [0.15, 0.2) is 0 Å². The molecule has 0 unspecified atom stereocenters. The van der Waals surface area contributed by atoms with Gasteiger partial charge in [-0.3, -0.25) is 0 Å². The van der Waals surface area contributed by atoms with Crippen molar-refractivity contribution in [3.63, 3.8) is 0 Å². The maximum absolute atomic E-state index is 3.70. The van der Waals surface area contributed by atoms with Crippen molar-refractivity contribution in [2.24, 2.45) is 0 Å². The van der Waals surface area contributed by atoms with Gasteiger partial charge in [0.05, 0.1) is 0 Å². The van der Waals surface area contributed by atoms with Crippen LogP contribution in [0.25, 0.3) is 0 Å². The second-order valence-corrected chi connectivity index (χ2v) is 5.67. The largest absolute Gasteiger partial charge is 0.107 e. The van der Waals surface area contributed by atoms with E-state index in [1.807, 2.05) is 0 Å². The molecule has 0 aliphatic carbocycles. The summed E-state index contributed by atoms with van der Waals surface area (Å²) in [4.78, 5) is 0. The summed E-state index contributed by atoms with van der Waals surface area (Å²) < 4.78 is 0. The zero-order chi connectivity index (χ0) is 13.7. The van der Waals surface area contributed by atoms with Gasteiger partial charge < -0.3 is 0 Å². The predicted octanol–water partition coefficient (Wildman–Crippen LogP) is 4.30. The van der Waals surface area contributed by atoms with Gasteiger partial charge in [0.1, 0.15) is 7.85 Å². The lowest BCUT2D eigenvalue weighted by atomic mass is 9.80. The van der Waals surface area contributed by atoms with Crippen molar-refractivity contribution in [1.29, 1.82) is 0 Å². The van der Waals surface area contributed by atoms with E-state index < -0.39 is 0 Å². The van der Waals surface area contributed by atoms with Crippen molar-refractivity contribution >= 4 is 39.7 Å². The molecule has 0 heterocycles. The Bertz CT molecular complexity index is 293. The molecule has 0 N–H and O–H groups in total. The molecule has 0 nitrogen and oxygen atoms in total. The second kappa shape index (κ2) is 7.74. The highest BCUT2D eigenvalue weighted by molar-refractivity contribution is 9.08. The number of hydrogen-bond donors (Lipinski definition) is 0. The number of rotatable bonds is 6. The maximum atomic E-state index is 3.70. The second-order valence-electron chi connectivity index (χ2n) is 4.55. The predicted molar refractivity (Wildman–Crippen MR) is 92.1 cm³/mol. The summed E-state index contributed by atoms with van der Waals surface area (Å²) in [6.07, 6.45) is 4.57. The van der Waals surface area contributed by atoms with Crippen LogP contribution in [-0.4, -0.2) is 7.85 Å². The van der Waals surface area contributed by atoms with E-state index in [9.17, 15) is 0 Å². The monoisotopic (exact) mass is 372 g/mol. The number of halogens is 2. The zero-order valence-corrected chi connectivity index (χ0v) is 15.2. The topological polar surface area (TPSA) is 0 Å². The third-order valence-corrected chi connectivity index (χ3v) is 4.99. The van der Waals surface area contributed by atoms with E-state index in [4.69, 9.17) is 0 Å². The highest BCUT2D eigenvalue weighted by Crippen LogP contribution is 2.32. The van der Waals surface area contributed by atoms with Crippen molar-refractivity contribution in [2.45, 2.75) is 57.0 Å². The summed E-state index contributed by atoms with van der Waals surface area (Å²) in [7, 11) is 2.29. The minimum atomic E-state index is 0.982. The molecular weight excluding hydrogens is 351 g/mol. The Morgan fingerprint density at radius 3 is 1.22 bits per heavy atom. The molecule has 0 bridgehead atoms. The van der Waals surface area contributed by atoms with Gasteiger partial charge in [-0.05, 0) is 52.6 Å². The van der Waals surface area contributed by atoms with Crippen molar-refractivity contribution in [3.8, 4) is 0 Å². The first-order valence-corrected chi connectivity index (χ1v) is 9.23. The molecule has 3 heteroatoms. The first-order chi connectivity index (χ1) is 8.69. The molecule has 0 fully saturated rings. The molecular formula is C15H23BBr2. The molecule has 0 aromatic heterocycles. The lowest BCUT2D eigenvalue weighted by Gasteiger charge is -2.24. The minimum Gasteiger partial charge on any atom is -0.0876 e. The molecule has 100 valence electrons. The molecule has 0 radical (unpaired) electrons. The fraction of sp³-hybridized carbons (Fsp3) is 0.600. The van der Waals surface area contributed by atoms with E-state index >= 15 is 0 Å². The van der Waals surface area contributed by atoms with Crippen molar-refractivity contribution in [3.05, 3.63) is 33.4 Å². The number of alkyl halides is 2. The molecule has 0 amide bonds. The van der Waals surface area contributed by atoms with E-state index in [1.165, 1.54) is 0 Å².